The largest absolute Gasteiger partial charge is 0.416 e. The van der Waals surface area contributed by atoms with Gasteiger partial charge in [0.05, 0.1) is 40.8 Å². The van der Waals surface area contributed by atoms with Crippen molar-refractivity contribution < 1.29 is 31.1 Å². The van der Waals surface area contributed by atoms with Crippen LogP contribution >= 0.6 is 0 Å². The van der Waals surface area contributed by atoms with E-state index in [1.807, 2.05) is 6.07 Å². The van der Waals surface area contributed by atoms with E-state index in [9.17, 15) is 26.4 Å². The molecule has 2 atom stereocenters. The lowest BCUT2D eigenvalue weighted by Gasteiger charge is -2.20. The van der Waals surface area contributed by atoms with Crippen molar-refractivity contribution >= 4 is 15.9 Å². The average Bonchev–Trinajstić information content (AvgIpc) is 3.18. The van der Waals surface area contributed by atoms with Crippen LogP contribution in [0, 0.1) is 11.3 Å². The van der Waals surface area contributed by atoms with E-state index < -0.39 is 39.8 Å². The van der Waals surface area contributed by atoms with Gasteiger partial charge in [-0.15, -0.1) is 0 Å². The number of amides is 1. The highest BCUT2D eigenvalue weighted by Crippen LogP contribution is 2.29. The first kappa shape index (κ1) is 24.4. The highest BCUT2D eigenvalue weighted by molar-refractivity contribution is 7.89. The Bertz CT molecular complexity index is 1170. The number of ether oxygens (including phenoxy) is 1. The smallest absolute Gasteiger partial charge is 0.370 e. The molecular weight excluding hydrogens is 459 g/mol. The summed E-state index contributed by atoms with van der Waals surface area (Å²) < 4.78 is 72.2. The van der Waals surface area contributed by atoms with Crippen molar-refractivity contribution in [3.05, 3.63) is 77.9 Å². The second kappa shape index (κ2) is 9.74. The second-order valence-electron chi connectivity index (χ2n) is 7.36. The number of carbonyl (C=O) groups excluding carboxylic acids is 1. The minimum Gasteiger partial charge on any atom is -0.370 e. The summed E-state index contributed by atoms with van der Waals surface area (Å²) in [6.45, 7) is 3.42. The Morgan fingerprint density at radius 3 is 2.55 bits per heavy atom. The lowest BCUT2D eigenvalue weighted by molar-refractivity contribution is -0.137. The number of nitrogens with zero attached hydrogens (tertiary/aromatic N) is 2. The maximum atomic E-state index is 12.8. The summed E-state index contributed by atoms with van der Waals surface area (Å²) in [5.74, 6) is -0.411. The van der Waals surface area contributed by atoms with Gasteiger partial charge < -0.3 is 9.64 Å². The zero-order valence-electron chi connectivity index (χ0n) is 17.2. The van der Waals surface area contributed by atoms with E-state index in [4.69, 9.17) is 10.00 Å². The Balaban J connectivity index is 1.76. The summed E-state index contributed by atoms with van der Waals surface area (Å²) in [5.41, 5.74) is -0.164. The first-order chi connectivity index (χ1) is 15.5. The molecule has 1 saturated heterocycles. The molecule has 1 aliphatic rings. The van der Waals surface area contributed by atoms with Gasteiger partial charge in [0.25, 0.3) is 0 Å². The van der Waals surface area contributed by atoms with Crippen LogP contribution in [0.4, 0.5) is 13.2 Å². The van der Waals surface area contributed by atoms with Crippen LogP contribution in [-0.2, 0) is 32.3 Å². The topological polar surface area (TPSA) is 99.5 Å². The van der Waals surface area contributed by atoms with Crippen LogP contribution in [0.1, 0.15) is 16.7 Å². The van der Waals surface area contributed by atoms with E-state index in [-0.39, 0.29) is 30.2 Å². The fourth-order valence-electron chi connectivity index (χ4n) is 3.36. The minimum atomic E-state index is -4.46. The van der Waals surface area contributed by atoms with Gasteiger partial charge in [-0.25, -0.2) is 13.1 Å². The molecule has 11 heteroatoms. The molecule has 7 nitrogen and oxygen atoms in total. The third-order valence-electron chi connectivity index (χ3n) is 5.08. The van der Waals surface area contributed by atoms with Crippen LogP contribution in [0.15, 0.2) is 66.1 Å². The van der Waals surface area contributed by atoms with E-state index in [0.717, 1.165) is 18.2 Å². The normalized spacial score (nSPS) is 18.7. The van der Waals surface area contributed by atoms with Crippen molar-refractivity contribution in [1.29, 1.82) is 5.26 Å². The number of carbonyl (C=O) groups is 1. The van der Waals surface area contributed by atoms with Crippen molar-refractivity contribution in [3.63, 3.8) is 0 Å². The number of hydrogen-bond acceptors (Lipinski definition) is 5. The quantitative estimate of drug-likeness (QED) is 0.616. The van der Waals surface area contributed by atoms with Crippen LogP contribution in [0.3, 0.4) is 0 Å². The van der Waals surface area contributed by atoms with E-state index in [1.54, 1.807) is 0 Å². The number of hydrogen-bond donors (Lipinski definition) is 1. The molecule has 174 valence electrons. The molecule has 3 rings (SSSR count). The van der Waals surface area contributed by atoms with Crippen molar-refractivity contribution in [2.45, 2.75) is 29.8 Å². The minimum absolute atomic E-state index is 0.0136. The summed E-state index contributed by atoms with van der Waals surface area (Å²) in [7, 11) is -4.04. The third kappa shape index (κ3) is 5.98. The number of alkyl halides is 3. The predicted octanol–water partition coefficient (Wildman–Crippen LogP) is 2.84. The van der Waals surface area contributed by atoms with Crippen molar-refractivity contribution in [2.75, 3.05) is 13.1 Å². The van der Waals surface area contributed by atoms with Gasteiger partial charge in [0.1, 0.15) is 0 Å². The summed E-state index contributed by atoms with van der Waals surface area (Å²) in [6.07, 6.45) is -4.12. The first-order valence-corrected chi connectivity index (χ1v) is 11.2. The van der Waals surface area contributed by atoms with Gasteiger partial charge in [-0.3, -0.25) is 4.79 Å². The molecule has 1 amide bonds. The van der Waals surface area contributed by atoms with E-state index in [1.165, 1.54) is 41.3 Å². The summed E-state index contributed by atoms with van der Waals surface area (Å²) in [6, 6.07) is 10.9. The zero-order valence-corrected chi connectivity index (χ0v) is 18.1. The molecular formula is C22H20F3N3O4S. The fraction of sp³-hybridized carbons (Fsp3) is 0.273. The second-order valence-corrected chi connectivity index (χ2v) is 9.07. The Kier molecular flexibility index (Phi) is 7.22. The molecule has 0 spiro atoms. The molecule has 0 radical (unpaired) electrons. The average molecular weight is 479 g/mol. The molecule has 1 fully saturated rings. The number of halogens is 3. The van der Waals surface area contributed by atoms with Crippen LogP contribution in [-0.4, -0.2) is 44.5 Å². The van der Waals surface area contributed by atoms with Crippen LogP contribution in [0.5, 0.6) is 0 Å². The number of nitriles is 1. The molecule has 1 aliphatic heterocycles. The molecule has 0 aromatic heterocycles. The molecule has 2 aromatic rings. The van der Waals surface area contributed by atoms with E-state index in [0.29, 0.717) is 5.56 Å². The van der Waals surface area contributed by atoms with Crippen molar-refractivity contribution in [1.82, 2.24) is 9.62 Å². The van der Waals surface area contributed by atoms with Crippen LogP contribution < -0.4 is 4.72 Å². The first-order valence-electron chi connectivity index (χ1n) is 9.75. The van der Waals surface area contributed by atoms with E-state index in [2.05, 4.69) is 11.3 Å². The van der Waals surface area contributed by atoms with Gasteiger partial charge >= 0.3 is 6.18 Å². The summed E-state index contributed by atoms with van der Waals surface area (Å²) >= 11 is 0. The monoisotopic (exact) mass is 479 g/mol. The van der Waals surface area contributed by atoms with Gasteiger partial charge in [-0.1, -0.05) is 24.8 Å². The third-order valence-corrected chi connectivity index (χ3v) is 6.57. The molecule has 0 bridgehead atoms. The SMILES string of the molecule is C=CC(=O)N1CC(NS(=O)(=O)c2cccc(C#N)c2)C(OCc2ccc(C(F)(F)F)cc2)C1. The number of nitrogens with one attached hydrogen (secondary N) is 1. The lowest BCUT2D eigenvalue weighted by Crippen LogP contribution is -2.44. The van der Waals surface area contributed by atoms with Crippen molar-refractivity contribution in [2.24, 2.45) is 0 Å². The number of likely N-dealkylation sites (tertiary alicyclic amines) is 1. The molecule has 1 N–H and O–H groups in total. The number of sulfonamides is 1. The van der Waals surface area contributed by atoms with E-state index >= 15 is 0 Å². The fourth-order valence-corrected chi connectivity index (χ4v) is 4.66. The predicted molar refractivity (Wildman–Crippen MR) is 112 cm³/mol. The molecule has 0 aliphatic carbocycles. The molecule has 33 heavy (non-hydrogen) atoms. The number of benzene rings is 2. The standard InChI is InChI=1S/C22H20F3N3O4S/c1-2-21(29)28-12-19(27-33(30,31)18-5-3-4-16(10-18)11-26)20(13-28)32-14-15-6-8-17(9-7-15)22(23,24)25/h2-10,19-20,27H,1,12-14H2. The summed E-state index contributed by atoms with van der Waals surface area (Å²) in [5, 5.41) is 9.02. The van der Waals surface area contributed by atoms with Gasteiger partial charge in [-0.2, -0.15) is 18.4 Å². The Morgan fingerprint density at radius 1 is 1.24 bits per heavy atom. The van der Waals surface area contributed by atoms with Gasteiger partial charge in [-0.05, 0) is 42.0 Å². The lowest BCUT2D eigenvalue weighted by atomic mass is 10.1. The molecule has 0 saturated carbocycles. The molecule has 2 unspecified atom stereocenters. The maximum absolute atomic E-state index is 12.8. The van der Waals surface area contributed by atoms with Gasteiger partial charge in [0, 0.05) is 13.1 Å². The molecule has 2 aromatic carbocycles. The Labute approximate surface area is 189 Å². The van der Waals surface area contributed by atoms with Crippen LogP contribution in [0.25, 0.3) is 0 Å². The Morgan fingerprint density at radius 2 is 1.94 bits per heavy atom. The zero-order chi connectivity index (χ0) is 24.2. The number of rotatable bonds is 7. The van der Waals surface area contributed by atoms with Crippen LogP contribution in [0.2, 0.25) is 0 Å². The van der Waals surface area contributed by atoms with Gasteiger partial charge in [0.2, 0.25) is 15.9 Å². The van der Waals surface area contributed by atoms with Crippen molar-refractivity contribution in [3.8, 4) is 6.07 Å². The highest BCUT2D eigenvalue weighted by Gasteiger charge is 2.38. The van der Waals surface area contributed by atoms with Gasteiger partial charge in [0.15, 0.2) is 0 Å². The maximum Gasteiger partial charge on any atom is 0.416 e. The molecule has 1 heterocycles. The Hall–Kier alpha value is -3.20. The summed E-state index contributed by atoms with van der Waals surface area (Å²) in [4.78, 5) is 13.3. The highest BCUT2D eigenvalue weighted by atomic mass is 32.2.